The number of aromatic nitrogens is 2. The summed E-state index contributed by atoms with van der Waals surface area (Å²) in [5, 5.41) is 13.1. The molecule has 96 valence electrons. The molecule has 0 aliphatic carbocycles. The number of hydrogen-bond donors (Lipinski definition) is 3. The van der Waals surface area contributed by atoms with Crippen LogP contribution in [0.15, 0.2) is 12.3 Å². The summed E-state index contributed by atoms with van der Waals surface area (Å²) in [6.45, 7) is 8.48. The summed E-state index contributed by atoms with van der Waals surface area (Å²) in [5.41, 5.74) is 0.876. The van der Waals surface area contributed by atoms with Crippen molar-refractivity contribution < 1.29 is 4.79 Å². The fraction of sp³-hybridized carbons (Fsp3) is 0.667. The summed E-state index contributed by atoms with van der Waals surface area (Å²) in [7, 11) is 0. The number of rotatable bonds is 6. The van der Waals surface area contributed by atoms with Crippen LogP contribution in [0.2, 0.25) is 0 Å². The van der Waals surface area contributed by atoms with Crippen molar-refractivity contribution in [2.75, 3.05) is 0 Å². The number of amides is 1. The molecule has 1 rings (SSSR count). The summed E-state index contributed by atoms with van der Waals surface area (Å²) in [6.07, 6.45) is 2.61. The quantitative estimate of drug-likeness (QED) is 0.697. The second-order valence-electron chi connectivity index (χ2n) is 5.13. The van der Waals surface area contributed by atoms with Gasteiger partial charge in [0.05, 0.1) is 0 Å². The summed E-state index contributed by atoms with van der Waals surface area (Å²) in [5.74, 6) is 0.00997. The second kappa shape index (κ2) is 5.82. The van der Waals surface area contributed by atoms with E-state index in [0.29, 0.717) is 6.04 Å². The van der Waals surface area contributed by atoms with Gasteiger partial charge in [0.2, 0.25) is 5.91 Å². The van der Waals surface area contributed by atoms with Gasteiger partial charge in [0, 0.05) is 36.9 Å². The number of aromatic amines is 1. The van der Waals surface area contributed by atoms with Crippen LogP contribution in [0.1, 0.15) is 39.8 Å². The molecule has 0 saturated carbocycles. The van der Waals surface area contributed by atoms with Crippen molar-refractivity contribution in [1.82, 2.24) is 20.8 Å². The Hall–Kier alpha value is -1.36. The van der Waals surface area contributed by atoms with Gasteiger partial charge in [-0.15, -0.1) is 0 Å². The number of hydrogen-bond acceptors (Lipinski definition) is 3. The van der Waals surface area contributed by atoms with Crippen molar-refractivity contribution in [3.63, 3.8) is 0 Å². The molecule has 0 aliphatic heterocycles. The van der Waals surface area contributed by atoms with Crippen molar-refractivity contribution in [3.05, 3.63) is 18.0 Å². The standard InChI is InChI=1S/C12H22N4O/c1-9(7-12(3,4)15-10(2)17)13-8-11-5-6-14-16-11/h5-6,9,13H,7-8H2,1-4H3,(H,14,16)(H,15,17). The van der Waals surface area contributed by atoms with Gasteiger partial charge in [-0.05, 0) is 33.3 Å². The van der Waals surface area contributed by atoms with E-state index in [0.717, 1.165) is 18.7 Å². The molecule has 1 aromatic heterocycles. The van der Waals surface area contributed by atoms with Gasteiger partial charge >= 0.3 is 0 Å². The highest BCUT2D eigenvalue weighted by atomic mass is 16.1. The van der Waals surface area contributed by atoms with Crippen LogP contribution in [-0.2, 0) is 11.3 Å². The molecule has 3 N–H and O–H groups in total. The maximum absolute atomic E-state index is 11.0. The van der Waals surface area contributed by atoms with Crippen LogP contribution in [0.4, 0.5) is 0 Å². The fourth-order valence-corrected chi connectivity index (χ4v) is 2.03. The summed E-state index contributed by atoms with van der Waals surface area (Å²) in [6, 6.07) is 2.26. The van der Waals surface area contributed by atoms with Crippen molar-refractivity contribution in [1.29, 1.82) is 0 Å². The molecule has 1 heterocycles. The highest BCUT2D eigenvalue weighted by Crippen LogP contribution is 2.11. The largest absolute Gasteiger partial charge is 0.351 e. The Morgan fingerprint density at radius 1 is 1.59 bits per heavy atom. The molecule has 1 aromatic rings. The van der Waals surface area contributed by atoms with Crippen LogP contribution in [0, 0.1) is 0 Å². The predicted octanol–water partition coefficient (Wildman–Crippen LogP) is 1.19. The van der Waals surface area contributed by atoms with Crippen LogP contribution < -0.4 is 10.6 Å². The minimum Gasteiger partial charge on any atom is -0.351 e. The summed E-state index contributed by atoms with van der Waals surface area (Å²) in [4.78, 5) is 11.0. The van der Waals surface area contributed by atoms with Gasteiger partial charge in [-0.3, -0.25) is 9.89 Å². The van der Waals surface area contributed by atoms with E-state index in [1.165, 1.54) is 0 Å². The first-order chi connectivity index (χ1) is 7.89. The Morgan fingerprint density at radius 2 is 2.29 bits per heavy atom. The summed E-state index contributed by atoms with van der Waals surface area (Å²) >= 11 is 0. The molecule has 5 heteroatoms. The fourth-order valence-electron chi connectivity index (χ4n) is 2.03. The Bertz CT molecular complexity index is 345. The molecule has 0 bridgehead atoms. The Labute approximate surface area is 102 Å². The molecule has 1 unspecified atom stereocenters. The lowest BCUT2D eigenvalue weighted by molar-refractivity contribution is -0.120. The van der Waals surface area contributed by atoms with Gasteiger partial charge in [-0.25, -0.2) is 0 Å². The number of carbonyl (C=O) groups excluding carboxylic acids is 1. The number of H-pyrrole nitrogens is 1. The van der Waals surface area contributed by atoms with Gasteiger partial charge in [-0.1, -0.05) is 0 Å². The van der Waals surface area contributed by atoms with Crippen LogP contribution in [-0.4, -0.2) is 27.7 Å². The van der Waals surface area contributed by atoms with Gasteiger partial charge < -0.3 is 10.6 Å². The third kappa shape index (κ3) is 5.49. The Kier molecular flexibility index (Phi) is 4.69. The van der Waals surface area contributed by atoms with E-state index in [9.17, 15) is 4.79 Å². The van der Waals surface area contributed by atoms with Crippen LogP contribution in [0.25, 0.3) is 0 Å². The maximum atomic E-state index is 11.0. The van der Waals surface area contributed by atoms with Gasteiger partial charge in [0.25, 0.3) is 0 Å². The minimum absolute atomic E-state index is 0.00997. The lowest BCUT2D eigenvalue weighted by Gasteiger charge is -2.29. The molecule has 1 amide bonds. The minimum atomic E-state index is -0.188. The lowest BCUT2D eigenvalue weighted by atomic mass is 9.96. The van der Waals surface area contributed by atoms with Crippen LogP contribution >= 0.6 is 0 Å². The molecule has 17 heavy (non-hydrogen) atoms. The average Bonchev–Trinajstić information content (AvgIpc) is 2.63. The molecular formula is C12H22N4O. The molecular weight excluding hydrogens is 216 g/mol. The normalized spacial score (nSPS) is 13.4. The lowest BCUT2D eigenvalue weighted by Crippen LogP contribution is -2.46. The first kappa shape index (κ1) is 13.7. The van der Waals surface area contributed by atoms with E-state index in [2.05, 4.69) is 27.8 Å². The molecule has 0 spiro atoms. The zero-order valence-corrected chi connectivity index (χ0v) is 11.0. The van der Waals surface area contributed by atoms with Crippen LogP contribution in [0.5, 0.6) is 0 Å². The molecule has 0 aliphatic rings. The third-order valence-electron chi connectivity index (χ3n) is 2.53. The highest BCUT2D eigenvalue weighted by Gasteiger charge is 2.21. The zero-order chi connectivity index (χ0) is 12.9. The molecule has 0 aromatic carbocycles. The third-order valence-corrected chi connectivity index (χ3v) is 2.53. The van der Waals surface area contributed by atoms with E-state index >= 15 is 0 Å². The SMILES string of the molecule is CC(=O)NC(C)(C)CC(C)NCc1ccn[nH]1. The topological polar surface area (TPSA) is 69.8 Å². The van der Waals surface area contributed by atoms with Crippen molar-refractivity contribution >= 4 is 5.91 Å². The average molecular weight is 238 g/mol. The molecule has 0 radical (unpaired) electrons. The number of nitrogens with one attached hydrogen (secondary N) is 3. The predicted molar refractivity (Wildman–Crippen MR) is 67.4 cm³/mol. The van der Waals surface area contributed by atoms with E-state index in [1.54, 1.807) is 13.1 Å². The smallest absolute Gasteiger partial charge is 0.217 e. The maximum Gasteiger partial charge on any atom is 0.217 e. The Morgan fingerprint density at radius 3 is 2.82 bits per heavy atom. The number of nitrogens with zero attached hydrogens (tertiary/aromatic N) is 1. The second-order valence-corrected chi connectivity index (χ2v) is 5.13. The van der Waals surface area contributed by atoms with E-state index in [4.69, 9.17) is 0 Å². The first-order valence-corrected chi connectivity index (χ1v) is 5.89. The number of carbonyl (C=O) groups is 1. The van der Waals surface area contributed by atoms with Crippen LogP contribution in [0.3, 0.4) is 0 Å². The van der Waals surface area contributed by atoms with Crippen molar-refractivity contribution in [2.24, 2.45) is 0 Å². The highest BCUT2D eigenvalue weighted by molar-refractivity contribution is 5.73. The van der Waals surface area contributed by atoms with Crippen molar-refractivity contribution in [3.8, 4) is 0 Å². The molecule has 0 fully saturated rings. The molecule has 1 atom stereocenters. The van der Waals surface area contributed by atoms with E-state index < -0.39 is 0 Å². The van der Waals surface area contributed by atoms with E-state index in [-0.39, 0.29) is 11.4 Å². The molecule has 0 saturated heterocycles. The summed E-state index contributed by atoms with van der Waals surface area (Å²) < 4.78 is 0. The van der Waals surface area contributed by atoms with Gasteiger partial charge in [0.1, 0.15) is 0 Å². The zero-order valence-electron chi connectivity index (χ0n) is 11.0. The molecule has 5 nitrogen and oxygen atoms in total. The van der Waals surface area contributed by atoms with E-state index in [1.807, 2.05) is 19.9 Å². The first-order valence-electron chi connectivity index (χ1n) is 5.89. The van der Waals surface area contributed by atoms with Gasteiger partial charge in [0.15, 0.2) is 0 Å². The Balaban J connectivity index is 2.33. The monoisotopic (exact) mass is 238 g/mol. The van der Waals surface area contributed by atoms with Crippen molar-refractivity contribution in [2.45, 2.75) is 52.2 Å². The van der Waals surface area contributed by atoms with Gasteiger partial charge in [-0.2, -0.15) is 5.10 Å².